The first kappa shape index (κ1) is 14.6. The topological polar surface area (TPSA) is 82.2 Å². The highest BCUT2D eigenvalue weighted by molar-refractivity contribution is 5.72. The molecule has 0 radical (unpaired) electrons. The molecule has 0 heterocycles. The van der Waals surface area contributed by atoms with E-state index in [0.717, 1.165) is 12.1 Å². The second kappa shape index (κ2) is 6.08. The van der Waals surface area contributed by atoms with Crippen LogP contribution in [0.2, 0.25) is 0 Å². The molecule has 0 bridgehead atoms. The Morgan fingerprint density at radius 3 is 2.52 bits per heavy atom. The standard InChI is InChI=1S/C14H10F2N2O3/c15-9-1-3-12(11(16)7-9)18-17-10-2-4-13(19)8(5-10)6-14(20)21/h1-5,7,19H,6H2,(H,20,21). The minimum Gasteiger partial charge on any atom is -0.508 e. The zero-order valence-electron chi connectivity index (χ0n) is 10.6. The molecule has 2 aromatic rings. The van der Waals surface area contributed by atoms with Crippen molar-refractivity contribution in [1.82, 2.24) is 0 Å². The number of nitrogens with zero attached hydrogens (tertiary/aromatic N) is 2. The molecule has 0 aromatic heterocycles. The van der Waals surface area contributed by atoms with Crippen molar-refractivity contribution in [3.05, 3.63) is 53.6 Å². The van der Waals surface area contributed by atoms with Crippen LogP contribution >= 0.6 is 0 Å². The van der Waals surface area contributed by atoms with E-state index in [4.69, 9.17) is 5.11 Å². The summed E-state index contributed by atoms with van der Waals surface area (Å²) in [6.45, 7) is 0. The number of aliphatic carboxylic acids is 1. The van der Waals surface area contributed by atoms with Crippen molar-refractivity contribution >= 4 is 17.3 Å². The Morgan fingerprint density at radius 2 is 1.86 bits per heavy atom. The molecule has 108 valence electrons. The monoisotopic (exact) mass is 292 g/mol. The Morgan fingerprint density at radius 1 is 1.10 bits per heavy atom. The van der Waals surface area contributed by atoms with Crippen LogP contribution in [-0.2, 0) is 11.2 Å². The van der Waals surface area contributed by atoms with Crippen molar-refractivity contribution in [3.63, 3.8) is 0 Å². The molecule has 0 aliphatic carbocycles. The van der Waals surface area contributed by atoms with Crippen molar-refractivity contribution < 1.29 is 23.8 Å². The largest absolute Gasteiger partial charge is 0.508 e. The Bertz CT molecular complexity index is 717. The van der Waals surface area contributed by atoms with Gasteiger partial charge in [0, 0.05) is 11.6 Å². The molecule has 0 fully saturated rings. The minimum atomic E-state index is -1.11. The number of azo groups is 1. The summed E-state index contributed by atoms with van der Waals surface area (Å²) in [4.78, 5) is 10.6. The number of phenolic OH excluding ortho intramolecular Hbond substituents is 1. The van der Waals surface area contributed by atoms with Crippen LogP contribution in [0.1, 0.15) is 5.56 Å². The van der Waals surface area contributed by atoms with Gasteiger partial charge in [-0.1, -0.05) is 0 Å². The van der Waals surface area contributed by atoms with Gasteiger partial charge in [0.15, 0.2) is 5.82 Å². The molecule has 2 rings (SSSR count). The number of carboxylic acids is 1. The lowest BCUT2D eigenvalue weighted by molar-refractivity contribution is -0.136. The van der Waals surface area contributed by atoms with Gasteiger partial charge in [-0.3, -0.25) is 4.79 Å². The van der Waals surface area contributed by atoms with E-state index in [2.05, 4.69) is 10.2 Å². The second-order valence-electron chi connectivity index (χ2n) is 4.18. The summed E-state index contributed by atoms with van der Waals surface area (Å²) in [6.07, 6.45) is -0.375. The van der Waals surface area contributed by atoms with Gasteiger partial charge in [0.1, 0.15) is 17.3 Å². The third kappa shape index (κ3) is 3.82. The van der Waals surface area contributed by atoms with Crippen LogP contribution in [0.4, 0.5) is 20.2 Å². The minimum absolute atomic E-state index is 0.149. The average molecular weight is 292 g/mol. The maximum Gasteiger partial charge on any atom is 0.307 e. The average Bonchev–Trinajstić information content (AvgIpc) is 2.40. The van der Waals surface area contributed by atoms with E-state index in [1.807, 2.05) is 0 Å². The SMILES string of the molecule is O=C(O)Cc1cc(N=Nc2ccc(F)cc2F)ccc1O. The fraction of sp³-hybridized carbons (Fsp3) is 0.0714. The van der Waals surface area contributed by atoms with E-state index in [9.17, 15) is 18.7 Å². The van der Waals surface area contributed by atoms with Crippen molar-refractivity contribution in [1.29, 1.82) is 0 Å². The highest BCUT2D eigenvalue weighted by Crippen LogP contribution is 2.26. The van der Waals surface area contributed by atoms with Crippen LogP contribution in [0.25, 0.3) is 0 Å². The lowest BCUT2D eigenvalue weighted by atomic mass is 10.1. The summed E-state index contributed by atoms with van der Waals surface area (Å²) in [5.41, 5.74) is 0.260. The summed E-state index contributed by atoms with van der Waals surface area (Å²) >= 11 is 0. The van der Waals surface area contributed by atoms with E-state index in [1.54, 1.807) is 0 Å². The molecule has 0 saturated carbocycles. The number of carboxylic acid groups (broad SMARTS) is 1. The Balaban J connectivity index is 2.26. The Labute approximate surface area is 118 Å². The van der Waals surface area contributed by atoms with E-state index in [0.29, 0.717) is 6.07 Å². The van der Waals surface area contributed by atoms with Crippen LogP contribution in [0.15, 0.2) is 46.6 Å². The van der Waals surface area contributed by atoms with E-state index in [1.165, 1.54) is 18.2 Å². The van der Waals surface area contributed by atoms with Gasteiger partial charge < -0.3 is 10.2 Å². The van der Waals surface area contributed by atoms with Gasteiger partial charge in [-0.05, 0) is 30.3 Å². The molecule has 2 N–H and O–H groups in total. The summed E-state index contributed by atoms with van der Waals surface area (Å²) in [5.74, 6) is -2.86. The van der Waals surface area contributed by atoms with E-state index >= 15 is 0 Å². The fourth-order valence-corrected chi connectivity index (χ4v) is 1.61. The first-order valence-electron chi connectivity index (χ1n) is 5.86. The highest BCUT2D eigenvalue weighted by Gasteiger charge is 2.07. The number of halogens is 2. The van der Waals surface area contributed by atoms with Crippen molar-refractivity contribution in [2.24, 2.45) is 10.2 Å². The number of benzene rings is 2. The number of hydrogen-bond acceptors (Lipinski definition) is 4. The van der Waals surface area contributed by atoms with Crippen LogP contribution in [0.5, 0.6) is 5.75 Å². The number of hydrogen-bond donors (Lipinski definition) is 2. The molecule has 5 nitrogen and oxygen atoms in total. The summed E-state index contributed by atoms with van der Waals surface area (Å²) in [5, 5.41) is 25.6. The summed E-state index contributed by atoms with van der Waals surface area (Å²) in [6, 6.07) is 6.85. The molecule has 0 atom stereocenters. The zero-order chi connectivity index (χ0) is 15.4. The van der Waals surface area contributed by atoms with Crippen LogP contribution in [-0.4, -0.2) is 16.2 Å². The summed E-state index contributed by atoms with van der Waals surface area (Å²) in [7, 11) is 0. The number of carbonyl (C=O) groups is 1. The summed E-state index contributed by atoms with van der Waals surface area (Å²) < 4.78 is 26.1. The first-order valence-corrected chi connectivity index (χ1v) is 5.86. The van der Waals surface area contributed by atoms with Crippen molar-refractivity contribution in [2.75, 3.05) is 0 Å². The van der Waals surface area contributed by atoms with Gasteiger partial charge in [-0.15, -0.1) is 5.11 Å². The predicted molar refractivity (Wildman–Crippen MR) is 70.0 cm³/mol. The third-order valence-electron chi connectivity index (χ3n) is 2.59. The van der Waals surface area contributed by atoms with Crippen LogP contribution in [0.3, 0.4) is 0 Å². The van der Waals surface area contributed by atoms with Crippen LogP contribution in [0, 0.1) is 11.6 Å². The number of rotatable bonds is 4. The van der Waals surface area contributed by atoms with Gasteiger partial charge in [-0.2, -0.15) is 5.11 Å². The smallest absolute Gasteiger partial charge is 0.307 e. The molecular formula is C14H10F2N2O3. The van der Waals surface area contributed by atoms with Gasteiger partial charge in [0.25, 0.3) is 0 Å². The van der Waals surface area contributed by atoms with Crippen LogP contribution < -0.4 is 0 Å². The fourth-order valence-electron chi connectivity index (χ4n) is 1.61. The zero-order valence-corrected chi connectivity index (χ0v) is 10.6. The number of aromatic hydroxyl groups is 1. The first-order chi connectivity index (χ1) is 9.95. The lowest BCUT2D eigenvalue weighted by Crippen LogP contribution is -1.99. The maximum atomic E-state index is 13.4. The van der Waals surface area contributed by atoms with Crippen molar-refractivity contribution in [3.8, 4) is 5.75 Å². The predicted octanol–water partition coefficient (Wildman–Crippen LogP) is 3.71. The van der Waals surface area contributed by atoms with E-state index in [-0.39, 0.29) is 29.1 Å². The molecule has 21 heavy (non-hydrogen) atoms. The van der Waals surface area contributed by atoms with Gasteiger partial charge >= 0.3 is 5.97 Å². The molecule has 0 amide bonds. The second-order valence-corrected chi connectivity index (χ2v) is 4.18. The molecule has 0 spiro atoms. The molecule has 0 aliphatic rings. The Kier molecular flexibility index (Phi) is 4.22. The highest BCUT2D eigenvalue weighted by atomic mass is 19.1. The normalized spacial score (nSPS) is 11.0. The van der Waals surface area contributed by atoms with Gasteiger partial charge in [-0.25, -0.2) is 8.78 Å². The molecule has 7 heteroatoms. The lowest BCUT2D eigenvalue weighted by Gasteiger charge is -2.02. The quantitative estimate of drug-likeness (QED) is 0.843. The van der Waals surface area contributed by atoms with E-state index < -0.39 is 17.6 Å². The third-order valence-corrected chi connectivity index (χ3v) is 2.59. The Hall–Kier alpha value is -2.83. The van der Waals surface area contributed by atoms with Gasteiger partial charge in [0.2, 0.25) is 0 Å². The molecule has 0 saturated heterocycles. The molecular weight excluding hydrogens is 282 g/mol. The molecule has 0 unspecified atom stereocenters. The molecule has 2 aromatic carbocycles. The number of phenols is 1. The van der Waals surface area contributed by atoms with Gasteiger partial charge in [0.05, 0.1) is 12.1 Å². The maximum absolute atomic E-state index is 13.4. The molecule has 0 aliphatic heterocycles. The van der Waals surface area contributed by atoms with Crippen molar-refractivity contribution in [2.45, 2.75) is 6.42 Å².